The van der Waals surface area contributed by atoms with Crippen LogP contribution >= 0.6 is 11.8 Å². The van der Waals surface area contributed by atoms with E-state index < -0.39 is 12.0 Å². The zero-order chi connectivity index (χ0) is 19.6. The van der Waals surface area contributed by atoms with Gasteiger partial charge in [0.05, 0.1) is 7.11 Å². The average molecular weight is 385 g/mol. The van der Waals surface area contributed by atoms with E-state index in [2.05, 4.69) is 5.32 Å². The molecule has 2 rings (SSSR count). The van der Waals surface area contributed by atoms with Gasteiger partial charge in [0.15, 0.2) is 0 Å². The van der Waals surface area contributed by atoms with E-state index in [1.807, 2.05) is 54.8 Å². The van der Waals surface area contributed by atoms with Crippen molar-refractivity contribution in [3.05, 3.63) is 65.7 Å². The van der Waals surface area contributed by atoms with E-state index in [9.17, 15) is 9.59 Å². The molecule has 0 saturated heterocycles. The maximum Gasteiger partial charge on any atom is 0.328 e. The molecule has 0 spiro atoms. The van der Waals surface area contributed by atoms with Crippen LogP contribution < -0.4 is 10.1 Å². The largest absolute Gasteiger partial charge is 0.497 e. The van der Waals surface area contributed by atoms with Gasteiger partial charge in [-0.25, -0.2) is 4.79 Å². The molecular weight excluding hydrogens is 362 g/mol. The third-order valence-electron chi connectivity index (χ3n) is 3.80. The summed E-state index contributed by atoms with van der Waals surface area (Å²) in [5.74, 6) is -0.0919. The Balaban J connectivity index is 1.79. The summed E-state index contributed by atoms with van der Waals surface area (Å²) in [6.07, 6.45) is 5.05. The molecule has 5 nitrogen and oxygen atoms in total. The van der Waals surface area contributed by atoms with Crippen molar-refractivity contribution >= 4 is 29.7 Å². The van der Waals surface area contributed by atoms with Crippen molar-refractivity contribution in [1.29, 1.82) is 0 Å². The van der Waals surface area contributed by atoms with Crippen molar-refractivity contribution in [2.45, 2.75) is 24.5 Å². The van der Waals surface area contributed by atoms with Gasteiger partial charge in [0.1, 0.15) is 18.4 Å². The van der Waals surface area contributed by atoms with Gasteiger partial charge in [0.2, 0.25) is 5.91 Å². The first-order valence-corrected chi connectivity index (χ1v) is 9.66. The van der Waals surface area contributed by atoms with E-state index in [1.54, 1.807) is 31.9 Å². The summed E-state index contributed by atoms with van der Waals surface area (Å²) >= 11 is 1.65. The molecule has 0 aromatic heterocycles. The summed E-state index contributed by atoms with van der Waals surface area (Å²) in [5, 5.41) is 2.60. The number of nitrogens with one attached hydrogen (secondary N) is 1. The molecule has 1 atom stereocenters. The molecule has 0 aliphatic carbocycles. The fourth-order valence-electron chi connectivity index (χ4n) is 2.21. The smallest absolute Gasteiger partial charge is 0.328 e. The molecule has 1 N–H and O–H groups in total. The van der Waals surface area contributed by atoms with Crippen molar-refractivity contribution in [3.63, 3.8) is 0 Å². The normalized spacial score (nSPS) is 11.8. The number of carbonyl (C=O) groups excluding carboxylic acids is 2. The van der Waals surface area contributed by atoms with E-state index in [1.165, 1.54) is 6.08 Å². The fraction of sp³-hybridized carbons (Fsp3) is 0.238. The highest BCUT2D eigenvalue weighted by atomic mass is 32.2. The SMILES string of the molecule is COc1ccc(/C=C/C(=O)N[C@@H](C)C(=O)OCc2ccc(SC)cc2)cc1. The monoisotopic (exact) mass is 385 g/mol. The van der Waals surface area contributed by atoms with Crippen molar-refractivity contribution in [2.24, 2.45) is 0 Å². The van der Waals surface area contributed by atoms with Gasteiger partial charge < -0.3 is 14.8 Å². The highest BCUT2D eigenvalue weighted by Crippen LogP contribution is 2.15. The summed E-state index contributed by atoms with van der Waals surface area (Å²) in [6, 6.07) is 14.3. The van der Waals surface area contributed by atoms with Crippen molar-refractivity contribution < 1.29 is 19.1 Å². The van der Waals surface area contributed by atoms with Crippen molar-refractivity contribution in [3.8, 4) is 5.75 Å². The van der Waals surface area contributed by atoms with Gasteiger partial charge >= 0.3 is 5.97 Å². The van der Waals surface area contributed by atoms with E-state index in [4.69, 9.17) is 9.47 Å². The standard InChI is InChI=1S/C21H23NO4S/c1-15(21(24)26-14-17-6-11-19(27-3)12-7-17)22-20(23)13-8-16-4-9-18(25-2)10-5-16/h4-13,15H,14H2,1-3H3,(H,22,23)/b13-8+/t15-/m0/s1. The predicted molar refractivity (Wildman–Crippen MR) is 108 cm³/mol. The Labute approximate surface area is 163 Å². The summed E-state index contributed by atoms with van der Waals surface area (Å²) in [4.78, 5) is 25.2. The van der Waals surface area contributed by atoms with E-state index in [-0.39, 0.29) is 12.5 Å². The molecule has 0 unspecified atom stereocenters. The number of thioether (sulfide) groups is 1. The van der Waals surface area contributed by atoms with Crippen LogP contribution in [-0.2, 0) is 20.9 Å². The van der Waals surface area contributed by atoms with E-state index in [0.29, 0.717) is 0 Å². The van der Waals surface area contributed by atoms with Crippen LogP contribution in [0.5, 0.6) is 5.75 Å². The minimum Gasteiger partial charge on any atom is -0.497 e. The van der Waals surface area contributed by atoms with Gasteiger partial charge in [-0.1, -0.05) is 24.3 Å². The summed E-state index contributed by atoms with van der Waals surface area (Å²) in [7, 11) is 1.60. The van der Waals surface area contributed by atoms with Crippen LogP contribution in [0, 0.1) is 0 Å². The summed E-state index contributed by atoms with van der Waals surface area (Å²) < 4.78 is 10.3. The lowest BCUT2D eigenvalue weighted by atomic mass is 10.2. The van der Waals surface area contributed by atoms with Crippen molar-refractivity contribution in [2.75, 3.05) is 13.4 Å². The first kappa shape index (κ1) is 20.6. The fourth-order valence-corrected chi connectivity index (χ4v) is 2.62. The Hall–Kier alpha value is -2.73. The zero-order valence-electron chi connectivity index (χ0n) is 15.6. The molecule has 6 heteroatoms. The lowest BCUT2D eigenvalue weighted by Crippen LogP contribution is -2.38. The lowest BCUT2D eigenvalue weighted by Gasteiger charge is -2.12. The third-order valence-corrected chi connectivity index (χ3v) is 4.54. The highest BCUT2D eigenvalue weighted by Gasteiger charge is 2.15. The van der Waals surface area contributed by atoms with Crippen LogP contribution in [0.25, 0.3) is 6.08 Å². The van der Waals surface area contributed by atoms with Gasteiger partial charge in [-0.05, 0) is 54.6 Å². The molecule has 0 radical (unpaired) electrons. The minimum absolute atomic E-state index is 0.176. The molecule has 0 aliphatic heterocycles. The summed E-state index contributed by atoms with van der Waals surface area (Å²) in [6.45, 7) is 1.77. The number of rotatable bonds is 8. The minimum atomic E-state index is -0.733. The first-order valence-electron chi connectivity index (χ1n) is 8.44. The summed E-state index contributed by atoms with van der Waals surface area (Å²) in [5.41, 5.74) is 1.76. The number of benzene rings is 2. The van der Waals surface area contributed by atoms with Gasteiger partial charge in [-0.2, -0.15) is 0 Å². The van der Waals surface area contributed by atoms with Crippen LogP contribution in [0.1, 0.15) is 18.1 Å². The zero-order valence-corrected chi connectivity index (χ0v) is 16.4. The Morgan fingerprint density at radius 2 is 1.78 bits per heavy atom. The molecule has 0 bridgehead atoms. The molecule has 0 saturated carbocycles. The van der Waals surface area contributed by atoms with Crippen LogP contribution in [0.15, 0.2) is 59.5 Å². The molecule has 2 aromatic carbocycles. The number of esters is 1. The second kappa shape index (κ2) is 10.4. The topological polar surface area (TPSA) is 64.6 Å². The Bertz CT molecular complexity index is 785. The van der Waals surface area contributed by atoms with Gasteiger partial charge in [-0.3, -0.25) is 4.79 Å². The maximum absolute atomic E-state index is 12.0. The molecule has 0 heterocycles. The molecule has 142 valence electrons. The van der Waals surface area contributed by atoms with Crippen molar-refractivity contribution in [1.82, 2.24) is 5.32 Å². The molecule has 0 fully saturated rings. The predicted octanol–water partition coefficient (Wildman–Crippen LogP) is 3.68. The molecule has 27 heavy (non-hydrogen) atoms. The number of hydrogen-bond acceptors (Lipinski definition) is 5. The average Bonchev–Trinajstić information content (AvgIpc) is 2.71. The van der Waals surface area contributed by atoms with Gasteiger partial charge in [0.25, 0.3) is 0 Å². The van der Waals surface area contributed by atoms with Crippen LogP contribution in [0.2, 0.25) is 0 Å². The first-order chi connectivity index (χ1) is 13.0. The second-order valence-electron chi connectivity index (χ2n) is 5.79. The Morgan fingerprint density at radius 3 is 2.37 bits per heavy atom. The van der Waals surface area contributed by atoms with Gasteiger partial charge in [-0.15, -0.1) is 11.8 Å². The number of amides is 1. The number of hydrogen-bond donors (Lipinski definition) is 1. The van der Waals surface area contributed by atoms with Crippen LogP contribution in [0.3, 0.4) is 0 Å². The quantitative estimate of drug-likeness (QED) is 0.427. The van der Waals surface area contributed by atoms with Crippen LogP contribution in [-0.4, -0.2) is 31.3 Å². The molecule has 2 aromatic rings. The maximum atomic E-state index is 12.0. The molecule has 1 amide bonds. The number of methoxy groups -OCH3 is 1. The molecular formula is C21H23NO4S. The van der Waals surface area contributed by atoms with E-state index >= 15 is 0 Å². The Morgan fingerprint density at radius 1 is 1.11 bits per heavy atom. The van der Waals surface area contributed by atoms with Crippen LogP contribution in [0.4, 0.5) is 0 Å². The lowest BCUT2D eigenvalue weighted by molar-refractivity contribution is -0.148. The third kappa shape index (κ3) is 6.83. The van der Waals surface area contributed by atoms with Gasteiger partial charge in [0, 0.05) is 11.0 Å². The highest BCUT2D eigenvalue weighted by molar-refractivity contribution is 7.98. The Kier molecular flexibility index (Phi) is 7.95. The second-order valence-corrected chi connectivity index (χ2v) is 6.67. The molecule has 0 aliphatic rings. The number of carbonyl (C=O) groups is 2. The van der Waals surface area contributed by atoms with E-state index in [0.717, 1.165) is 21.8 Å². The number of ether oxygens (including phenoxy) is 2.